The van der Waals surface area contributed by atoms with Crippen LogP contribution < -0.4 is 0 Å². The summed E-state index contributed by atoms with van der Waals surface area (Å²) in [4.78, 5) is 10.5. The van der Waals surface area contributed by atoms with E-state index in [4.69, 9.17) is 5.11 Å². The van der Waals surface area contributed by atoms with Gasteiger partial charge in [-0.25, -0.2) is 0 Å². The van der Waals surface area contributed by atoms with Gasteiger partial charge < -0.3 is 9.84 Å². The van der Waals surface area contributed by atoms with Crippen LogP contribution in [0.5, 0.6) is 0 Å². The zero-order valence-corrected chi connectivity index (χ0v) is 8.58. The fourth-order valence-corrected chi connectivity index (χ4v) is 0.946. The molecule has 3 heteroatoms. The molecule has 0 atom stereocenters. The first kappa shape index (κ1) is 14.7. The predicted molar refractivity (Wildman–Crippen MR) is 53.4 cm³/mol. The Morgan fingerprint density at radius 3 is 1.85 bits per heavy atom. The highest BCUT2D eigenvalue weighted by molar-refractivity contribution is 5.78. The molecule has 1 aliphatic carbocycles. The van der Waals surface area contributed by atoms with Crippen LogP contribution in [0.25, 0.3) is 0 Å². The molecule has 1 N–H and O–H groups in total. The highest BCUT2D eigenvalue weighted by Gasteiger charge is 2.05. The SMILES string of the molecule is C=COC.CO.O=C1CCCCC1. The van der Waals surface area contributed by atoms with Crippen LogP contribution in [0.1, 0.15) is 32.1 Å². The molecule has 0 aromatic heterocycles. The minimum absolute atomic E-state index is 0.464. The van der Waals surface area contributed by atoms with Crippen LogP contribution in [0.15, 0.2) is 12.8 Å². The normalized spacial score (nSPS) is 14.2. The van der Waals surface area contributed by atoms with Crippen molar-refractivity contribution in [3.05, 3.63) is 12.8 Å². The minimum Gasteiger partial charge on any atom is -0.505 e. The molecule has 0 spiro atoms. The summed E-state index contributed by atoms with van der Waals surface area (Å²) in [6.07, 6.45) is 6.61. The lowest BCUT2D eigenvalue weighted by Crippen LogP contribution is -2.02. The highest BCUT2D eigenvalue weighted by atomic mass is 16.5. The summed E-state index contributed by atoms with van der Waals surface area (Å²) in [5, 5.41) is 7.00. The van der Waals surface area contributed by atoms with E-state index in [2.05, 4.69) is 11.3 Å². The van der Waals surface area contributed by atoms with Gasteiger partial charge in [0.05, 0.1) is 13.4 Å². The van der Waals surface area contributed by atoms with Crippen molar-refractivity contribution >= 4 is 5.78 Å². The summed E-state index contributed by atoms with van der Waals surface area (Å²) in [6.45, 7) is 3.26. The molecule has 0 radical (unpaired) electrons. The molecule has 0 aromatic carbocycles. The molecule has 0 bridgehead atoms. The van der Waals surface area contributed by atoms with Gasteiger partial charge in [0.1, 0.15) is 5.78 Å². The molecule has 1 aliphatic rings. The lowest BCUT2D eigenvalue weighted by atomic mass is 10.00. The topological polar surface area (TPSA) is 46.5 Å². The van der Waals surface area contributed by atoms with Gasteiger partial charge in [0.2, 0.25) is 0 Å². The molecule has 1 rings (SSSR count). The van der Waals surface area contributed by atoms with Gasteiger partial charge in [0, 0.05) is 20.0 Å². The second-order valence-electron chi connectivity index (χ2n) is 2.50. The number of aliphatic hydroxyl groups is 1. The van der Waals surface area contributed by atoms with E-state index in [1.165, 1.54) is 12.7 Å². The molecule has 13 heavy (non-hydrogen) atoms. The quantitative estimate of drug-likeness (QED) is 0.639. The van der Waals surface area contributed by atoms with E-state index in [1.54, 1.807) is 7.11 Å². The van der Waals surface area contributed by atoms with E-state index in [-0.39, 0.29) is 0 Å². The standard InChI is InChI=1S/C6H10O.C3H6O.CH4O/c7-6-4-2-1-3-5-6;1-3-4-2;1-2/h1-5H2;3H,1H2,2H3;2H,1H3. The van der Waals surface area contributed by atoms with Gasteiger partial charge in [-0.05, 0) is 12.8 Å². The molecular formula is C10H20O3. The van der Waals surface area contributed by atoms with Gasteiger partial charge in [-0.2, -0.15) is 0 Å². The third-order valence-electron chi connectivity index (χ3n) is 1.58. The maximum atomic E-state index is 10.5. The molecule has 0 saturated heterocycles. The number of carbonyl (C=O) groups is 1. The summed E-state index contributed by atoms with van der Waals surface area (Å²) in [5.74, 6) is 0.464. The third kappa shape index (κ3) is 14.1. The van der Waals surface area contributed by atoms with E-state index in [0.717, 1.165) is 32.8 Å². The number of hydrogen-bond acceptors (Lipinski definition) is 3. The van der Waals surface area contributed by atoms with Crippen molar-refractivity contribution in [1.29, 1.82) is 0 Å². The third-order valence-corrected chi connectivity index (χ3v) is 1.58. The summed E-state index contributed by atoms with van der Waals surface area (Å²) in [5.41, 5.74) is 0. The molecule has 1 fully saturated rings. The van der Waals surface area contributed by atoms with Gasteiger partial charge >= 0.3 is 0 Å². The summed E-state index contributed by atoms with van der Waals surface area (Å²) in [6, 6.07) is 0. The number of ketones is 1. The fraction of sp³-hybridized carbons (Fsp3) is 0.700. The molecule has 0 heterocycles. The van der Waals surface area contributed by atoms with Crippen molar-refractivity contribution in [2.75, 3.05) is 14.2 Å². The van der Waals surface area contributed by atoms with E-state index in [0.29, 0.717) is 5.78 Å². The molecule has 0 aliphatic heterocycles. The predicted octanol–water partition coefficient (Wildman–Crippen LogP) is 1.90. The van der Waals surface area contributed by atoms with Crippen LogP contribution in [0.4, 0.5) is 0 Å². The monoisotopic (exact) mass is 188 g/mol. The maximum Gasteiger partial charge on any atom is 0.132 e. The van der Waals surface area contributed by atoms with Crippen molar-refractivity contribution in [1.82, 2.24) is 0 Å². The lowest BCUT2D eigenvalue weighted by molar-refractivity contribution is -0.120. The Labute approximate surface area is 80.4 Å². The van der Waals surface area contributed by atoms with E-state index >= 15 is 0 Å². The molecule has 0 unspecified atom stereocenters. The van der Waals surface area contributed by atoms with Crippen LogP contribution in [0.3, 0.4) is 0 Å². The molecular weight excluding hydrogens is 168 g/mol. The summed E-state index contributed by atoms with van der Waals surface area (Å²) in [7, 11) is 2.56. The van der Waals surface area contributed by atoms with Gasteiger partial charge in [0.25, 0.3) is 0 Å². The van der Waals surface area contributed by atoms with Gasteiger partial charge in [0.15, 0.2) is 0 Å². The number of methoxy groups -OCH3 is 1. The number of rotatable bonds is 1. The van der Waals surface area contributed by atoms with Crippen molar-refractivity contribution in [3.63, 3.8) is 0 Å². The Kier molecular flexibility index (Phi) is 15.5. The number of ether oxygens (including phenoxy) is 1. The second-order valence-corrected chi connectivity index (χ2v) is 2.50. The zero-order chi connectivity index (χ0) is 10.5. The first-order chi connectivity index (χ1) is 6.31. The molecule has 3 nitrogen and oxygen atoms in total. The Morgan fingerprint density at radius 1 is 1.31 bits per heavy atom. The van der Waals surface area contributed by atoms with Crippen molar-refractivity contribution in [3.8, 4) is 0 Å². The van der Waals surface area contributed by atoms with Crippen LogP contribution >= 0.6 is 0 Å². The van der Waals surface area contributed by atoms with Gasteiger partial charge in [-0.3, -0.25) is 4.79 Å². The molecule has 78 valence electrons. The van der Waals surface area contributed by atoms with Crippen molar-refractivity contribution < 1.29 is 14.6 Å². The molecule has 1 saturated carbocycles. The van der Waals surface area contributed by atoms with E-state index < -0.39 is 0 Å². The Balaban J connectivity index is 0. The summed E-state index contributed by atoms with van der Waals surface area (Å²) < 4.78 is 4.31. The number of hydrogen-bond donors (Lipinski definition) is 1. The van der Waals surface area contributed by atoms with Crippen LogP contribution in [-0.4, -0.2) is 25.1 Å². The first-order valence-electron chi connectivity index (χ1n) is 4.41. The van der Waals surface area contributed by atoms with E-state index in [9.17, 15) is 4.79 Å². The van der Waals surface area contributed by atoms with Crippen LogP contribution in [0.2, 0.25) is 0 Å². The average molecular weight is 188 g/mol. The molecule has 0 amide bonds. The van der Waals surface area contributed by atoms with Crippen molar-refractivity contribution in [2.24, 2.45) is 0 Å². The Morgan fingerprint density at radius 2 is 1.69 bits per heavy atom. The number of Topliss-reactive ketones (excluding diaryl/α,β-unsaturated/α-hetero) is 1. The van der Waals surface area contributed by atoms with Gasteiger partial charge in [-0.1, -0.05) is 13.0 Å². The summed E-state index contributed by atoms with van der Waals surface area (Å²) >= 11 is 0. The van der Waals surface area contributed by atoms with Crippen LogP contribution in [-0.2, 0) is 9.53 Å². The van der Waals surface area contributed by atoms with Gasteiger partial charge in [-0.15, -0.1) is 0 Å². The number of carbonyl (C=O) groups excluding carboxylic acids is 1. The first-order valence-corrected chi connectivity index (χ1v) is 4.41. The Hall–Kier alpha value is -0.830. The number of aliphatic hydroxyl groups excluding tert-OH is 1. The Bertz CT molecular complexity index is 113. The van der Waals surface area contributed by atoms with E-state index in [1.807, 2.05) is 0 Å². The minimum atomic E-state index is 0.464. The highest BCUT2D eigenvalue weighted by Crippen LogP contribution is 2.12. The zero-order valence-electron chi connectivity index (χ0n) is 8.58. The maximum absolute atomic E-state index is 10.5. The van der Waals surface area contributed by atoms with Crippen LogP contribution in [0, 0.1) is 0 Å². The average Bonchev–Trinajstić information content (AvgIpc) is 2.22. The second kappa shape index (κ2) is 13.7. The smallest absolute Gasteiger partial charge is 0.132 e. The molecule has 0 aromatic rings. The van der Waals surface area contributed by atoms with Crippen molar-refractivity contribution in [2.45, 2.75) is 32.1 Å². The largest absolute Gasteiger partial charge is 0.505 e. The lowest BCUT2D eigenvalue weighted by Gasteiger charge is -2.05. The fourth-order valence-electron chi connectivity index (χ4n) is 0.946.